The van der Waals surface area contributed by atoms with E-state index in [2.05, 4.69) is 10.6 Å². The minimum Gasteiger partial charge on any atom is -0.394 e. The number of hydrogen-bond acceptors (Lipinski definition) is 3. The lowest BCUT2D eigenvalue weighted by Crippen LogP contribution is -2.49. The Morgan fingerprint density at radius 2 is 1.85 bits per heavy atom. The van der Waals surface area contributed by atoms with E-state index in [9.17, 15) is 18.7 Å². The normalized spacial score (nSPS) is 17.1. The molecule has 1 aliphatic rings. The third-order valence-electron chi connectivity index (χ3n) is 3.71. The van der Waals surface area contributed by atoms with Crippen molar-refractivity contribution in [1.82, 2.24) is 5.32 Å². The van der Waals surface area contributed by atoms with E-state index in [1.54, 1.807) is 0 Å². The molecule has 0 unspecified atom stereocenters. The maximum absolute atomic E-state index is 13.4. The summed E-state index contributed by atoms with van der Waals surface area (Å²) in [5.74, 6) is -2.15. The number of nitrogens with one attached hydrogen (secondary N) is 2. The van der Waals surface area contributed by atoms with Gasteiger partial charge in [0.2, 0.25) is 5.91 Å². The second kappa shape index (κ2) is 6.28. The van der Waals surface area contributed by atoms with E-state index in [-0.39, 0.29) is 13.2 Å². The molecule has 0 saturated heterocycles. The molecule has 0 aromatic heterocycles. The fourth-order valence-electron chi connectivity index (χ4n) is 2.51. The Morgan fingerprint density at radius 1 is 1.25 bits per heavy atom. The van der Waals surface area contributed by atoms with Crippen LogP contribution in [0.5, 0.6) is 0 Å². The molecule has 1 aromatic carbocycles. The van der Waals surface area contributed by atoms with Gasteiger partial charge >= 0.3 is 0 Å². The molecular formula is C14H18F2N2O2. The lowest BCUT2D eigenvalue weighted by atomic mass is 9.99. The number of rotatable bonds is 5. The standard InChI is InChI=1S/C14H18F2N2O2/c15-10-4-3-5-11(16)13(10)18-12(20)8-17-14(9-19)6-1-2-7-14/h3-5,17,19H,1-2,6-9H2,(H,18,20). The van der Waals surface area contributed by atoms with Crippen molar-refractivity contribution in [3.63, 3.8) is 0 Å². The summed E-state index contributed by atoms with van der Waals surface area (Å²) < 4.78 is 26.8. The van der Waals surface area contributed by atoms with Crippen LogP contribution in [-0.2, 0) is 4.79 Å². The molecule has 3 N–H and O–H groups in total. The van der Waals surface area contributed by atoms with E-state index in [1.165, 1.54) is 6.07 Å². The molecule has 6 heteroatoms. The average Bonchev–Trinajstić information content (AvgIpc) is 2.90. The van der Waals surface area contributed by atoms with Gasteiger partial charge < -0.3 is 15.7 Å². The Bertz CT molecular complexity index is 468. The van der Waals surface area contributed by atoms with Crippen molar-refractivity contribution >= 4 is 11.6 Å². The maximum atomic E-state index is 13.4. The first kappa shape index (κ1) is 14.9. The molecule has 0 atom stereocenters. The summed E-state index contributed by atoms with van der Waals surface area (Å²) in [6.07, 6.45) is 3.59. The molecule has 1 aliphatic carbocycles. The predicted octanol–water partition coefficient (Wildman–Crippen LogP) is 1.80. The summed E-state index contributed by atoms with van der Waals surface area (Å²) in [6, 6.07) is 3.40. The fraction of sp³-hybridized carbons (Fsp3) is 0.500. The first-order valence-electron chi connectivity index (χ1n) is 6.66. The maximum Gasteiger partial charge on any atom is 0.238 e. The summed E-state index contributed by atoms with van der Waals surface area (Å²) >= 11 is 0. The highest BCUT2D eigenvalue weighted by molar-refractivity contribution is 5.92. The predicted molar refractivity (Wildman–Crippen MR) is 71.3 cm³/mol. The minimum atomic E-state index is -0.809. The third-order valence-corrected chi connectivity index (χ3v) is 3.71. The molecule has 20 heavy (non-hydrogen) atoms. The molecule has 0 spiro atoms. The molecule has 1 amide bonds. The molecule has 2 rings (SSSR count). The molecule has 1 aromatic rings. The second-order valence-electron chi connectivity index (χ2n) is 5.14. The number of para-hydroxylation sites is 1. The van der Waals surface area contributed by atoms with E-state index < -0.39 is 28.8 Å². The highest BCUT2D eigenvalue weighted by Crippen LogP contribution is 2.28. The monoisotopic (exact) mass is 284 g/mol. The number of benzene rings is 1. The molecule has 1 fully saturated rings. The van der Waals surface area contributed by atoms with Crippen LogP contribution in [0.3, 0.4) is 0 Å². The van der Waals surface area contributed by atoms with Gasteiger partial charge in [-0.05, 0) is 25.0 Å². The van der Waals surface area contributed by atoms with E-state index in [4.69, 9.17) is 0 Å². The Hall–Kier alpha value is -1.53. The Kier molecular flexibility index (Phi) is 4.67. The molecule has 1 saturated carbocycles. The number of amides is 1. The number of carbonyl (C=O) groups is 1. The Morgan fingerprint density at radius 3 is 2.40 bits per heavy atom. The van der Waals surface area contributed by atoms with Crippen LogP contribution in [0.4, 0.5) is 14.5 Å². The number of halogens is 2. The SMILES string of the molecule is O=C(CNC1(CO)CCCC1)Nc1c(F)cccc1F. The van der Waals surface area contributed by atoms with Gasteiger partial charge in [-0.1, -0.05) is 18.9 Å². The van der Waals surface area contributed by atoms with Crippen molar-refractivity contribution in [2.75, 3.05) is 18.5 Å². The number of hydrogen-bond donors (Lipinski definition) is 3. The van der Waals surface area contributed by atoms with Crippen molar-refractivity contribution in [3.8, 4) is 0 Å². The lowest BCUT2D eigenvalue weighted by Gasteiger charge is -2.27. The third kappa shape index (κ3) is 3.32. The second-order valence-corrected chi connectivity index (χ2v) is 5.14. The van der Waals surface area contributed by atoms with Gasteiger partial charge in [-0.3, -0.25) is 4.79 Å². The number of anilines is 1. The van der Waals surface area contributed by atoms with Crippen molar-refractivity contribution in [2.24, 2.45) is 0 Å². The van der Waals surface area contributed by atoms with Crippen LogP contribution in [0, 0.1) is 11.6 Å². The summed E-state index contributed by atoms with van der Waals surface area (Å²) in [7, 11) is 0. The Labute approximate surface area is 116 Å². The molecular weight excluding hydrogens is 266 g/mol. The zero-order valence-corrected chi connectivity index (χ0v) is 11.1. The van der Waals surface area contributed by atoms with E-state index in [0.29, 0.717) is 0 Å². The molecule has 0 bridgehead atoms. The van der Waals surface area contributed by atoms with Crippen LogP contribution >= 0.6 is 0 Å². The quantitative estimate of drug-likeness (QED) is 0.772. The summed E-state index contributed by atoms with van der Waals surface area (Å²) in [5, 5.41) is 14.6. The van der Waals surface area contributed by atoms with Crippen LogP contribution in [-0.4, -0.2) is 29.7 Å². The number of carbonyl (C=O) groups excluding carboxylic acids is 1. The van der Waals surface area contributed by atoms with Gasteiger partial charge in [0.15, 0.2) is 0 Å². The average molecular weight is 284 g/mol. The van der Waals surface area contributed by atoms with E-state index >= 15 is 0 Å². The zero-order valence-electron chi connectivity index (χ0n) is 11.1. The van der Waals surface area contributed by atoms with Gasteiger partial charge in [0, 0.05) is 5.54 Å². The largest absolute Gasteiger partial charge is 0.394 e. The van der Waals surface area contributed by atoms with Crippen LogP contribution in [0.15, 0.2) is 18.2 Å². The van der Waals surface area contributed by atoms with Gasteiger partial charge in [-0.25, -0.2) is 8.78 Å². The first-order valence-corrected chi connectivity index (χ1v) is 6.66. The topological polar surface area (TPSA) is 61.4 Å². The molecule has 110 valence electrons. The van der Waals surface area contributed by atoms with Gasteiger partial charge in [-0.2, -0.15) is 0 Å². The Balaban J connectivity index is 1.93. The van der Waals surface area contributed by atoms with E-state index in [1.807, 2.05) is 0 Å². The molecule has 4 nitrogen and oxygen atoms in total. The molecule has 0 heterocycles. The van der Waals surface area contributed by atoms with E-state index in [0.717, 1.165) is 37.8 Å². The fourth-order valence-corrected chi connectivity index (χ4v) is 2.51. The molecule has 0 radical (unpaired) electrons. The zero-order chi connectivity index (χ0) is 14.6. The summed E-state index contributed by atoms with van der Waals surface area (Å²) in [4.78, 5) is 11.7. The van der Waals surface area contributed by atoms with Crippen LogP contribution < -0.4 is 10.6 Å². The van der Waals surface area contributed by atoms with Crippen molar-refractivity contribution in [2.45, 2.75) is 31.2 Å². The van der Waals surface area contributed by atoms with Crippen LogP contribution in [0.25, 0.3) is 0 Å². The summed E-state index contributed by atoms with van der Waals surface area (Å²) in [5.41, 5.74) is -0.880. The number of aliphatic hydroxyl groups is 1. The van der Waals surface area contributed by atoms with Gasteiger partial charge in [0.1, 0.15) is 17.3 Å². The lowest BCUT2D eigenvalue weighted by molar-refractivity contribution is -0.115. The van der Waals surface area contributed by atoms with Gasteiger partial charge in [-0.15, -0.1) is 0 Å². The first-order chi connectivity index (χ1) is 9.56. The van der Waals surface area contributed by atoms with Crippen LogP contribution in [0.1, 0.15) is 25.7 Å². The van der Waals surface area contributed by atoms with Crippen molar-refractivity contribution < 1.29 is 18.7 Å². The van der Waals surface area contributed by atoms with Crippen LogP contribution in [0.2, 0.25) is 0 Å². The van der Waals surface area contributed by atoms with Gasteiger partial charge in [0.25, 0.3) is 0 Å². The molecule has 0 aliphatic heterocycles. The van der Waals surface area contributed by atoms with Gasteiger partial charge in [0.05, 0.1) is 13.2 Å². The number of aliphatic hydroxyl groups excluding tert-OH is 1. The minimum absolute atomic E-state index is 0.0473. The van der Waals surface area contributed by atoms with Crippen molar-refractivity contribution in [1.29, 1.82) is 0 Å². The van der Waals surface area contributed by atoms with Crippen molar-refractivity contribution in [3.05, 3.63) is 29.8 Å². The highest BCUT2D eigenvalue weighted by Gasteiger charge is 2.33. The smallest absolute Gasteiger partial charge is 0.238 e. The summed E-state index contributed by atoms with van der Waals surface area (Å²) in [6.45, 7) is -0.136. The highest BCUT2D eigenvalue weighted by atomic mass is 19.1.